The summed E-state index contributed by atoms with van der Waals surface area (Å²) in [6, 6.07) is 7.24. The van der Waals surface area contributed by atoms with Crippen LogP contribution in [0, 0.1) is 0 Å². The van der Waals surface area contributed by atoms with Gasteiger partial charge in [0.1, 0.15) is 0 Å². The Morgan fingerprint density at radius 1 is 1.09 bits per heavy atom. The van der Waals surface area contributed by atoms with Crippen molar-refractivity contribution in [3.8, 4) is 0 Å². The van der Waals surface area contributed by atoms with Gasteiger partial charge in [0, 0.05) is 23.3 Å². The molecule has 23 heavy (non-hydrogen) atoms. The molecule has 0 radical (unpaired) electrons. The van der Waals surface area contributed by atoms with Crippen LogP contribution in [0.4, 0.5) is 5.69 Å². The standard InChI is InChI=1S/C19H29N3O/c20-17-9-7-8-16(14-17)18(23)21-15-19(10-3-1-4-11-19)22-12-5-2-6-13-22/h7-9,14H,1-6,10-13,15,20H2,(H,21,23). The number of nitrogens with zero attached hydrogens (tertiary/aromatic N) is 1. The number of piperidine rings is 1. The van der Waals surface area contributed by atoms with Crippen LogP contribution < -0.4 is 11.1 Å². The number of hydrogen-bond acceptors (Lipinski definition) is 3. The molecule has 1 aliphatic carbocycles. The molecule has 0 bridgehead atoms. The molecule has 3 rings (SSSR count). The summed E-state index contributed by atoms with van der Waals surface area (Å²) in [6.07, 6.45) is 10.3. The maximum Gasteiger partial charge on any atom is 0.251 e. The average Bonchev–Trinajstić information content (AvgIpc) is 2.61. The van der Waals surface area contributed by atoms with Crippen molar-refractivity contribution in [1.82, 2.24) is 10.2 Å². The molecule has 4 heteroatoms. The van der Waals surface area contributed by atoms with Crippen molar-refractivity contribution < 1.29 is 4.79 Å². The van der Waals surface area contributed by atoms with Crippen molar-refractivity contribution in [3.05, 3.63) is 29.8 Å². The number of nitrogens with two attached hydrogens (primary N) is 1. The molecule has 1 saturated heterocycles. The van der Waals surface area contributed by atoms with Crippen molar-refractivity contribution >= 4 is 11.6 Å². The van der Waals surface area contributed by atoms with Crippen LogP contribution in [0.3, 0.4) is 0 Å². The third kappa shape index (κ3) is 3.86. The second kappa shape index (κ2) is 7.35. The van der Waals surface area contributed by atoms with E-state index in [0.29, 0.717) is 11.3 Å². The number of nitrogen functional groups attached to an aromatic ring is 1. The van der Waals surface area contributed by atoms with E-state index in [1.165, 1.54) is 64.5 Å². The van der Waals surface area contributed by atoms with Gasteiger partial charge < -0.3 is 11.1 Å². The minimum absolute atomic E-state index is 0.000687. The van der Waals surface area contributed by atoms with Crippen LogP contribution in [0.15, 0.2) is 24.3 Å². The van der Waals surface area contributed by atoms with Crippen LogP contribution in [0.1, 0.15) is 61.7 Å². The van der Waals surface area contributed by atoms with Crippen molar-refractivity contribution in [2.24, 2.45) is 0 Å². The van der Waals surface area contributed by atoms with Gasteiger partial charge in [-0.25, -0.2) is 0 Å². The molecule has 1 heterocycles. The predicted octanol–water partition coefficient (Wildman–Crippen LogP) is 3.19. The van der Waals surface area contributed by atoms with Crippen LogP contribution in [-0.4, -0.2) is 36.0 Å². The Labute approximate surface area is 139 Å². The lowest BCUT2D eigenvalue weighted by Gasteiger charge is -2.48. The molecule has 0 atom stereocenters. The number of anilines is 1. The van der Waals surface area contributed by atoms with Crippen molar-refractivity contribution in [2.75, 3.05) is 25.4 Å². The molecular weight excluding hydrogens is 286 g/mol. The zero-order valence-corrected chi connectivity index (χ0v) is 14.0. The number of likely N-dealkylation sites (tertiary alicyclic amines) is 1. The molecule has 126 valence electrons. The number of carbonyl (C=O) groups is 1. The van der Waals surface area contributed by atoms with Crippen molar-refractivity contribution in [3.63, 3.8) is 0 Å². The smallest absolute Gasteiger partial charge is 0.251 e. The van der Waals surface area contributed by atoms with E-state index >= 15 is 0 Å². The van der Waals surface area contributed by atoms with Gasteiger partial charge in [-0.2, -0.15) is 0 Å². The fraction of sp³-hybridized carbons (Fsp3) is 0.632. The van der Waals surface area contributed by atoms with Crippen LogP contribution in [0.5, 0.6) is 0 Å². The normalized spacial score (nSPS) is 21.7. The fourth-order valence-corrected chi connectivity index (χ4v) is 4.21. The van der Waals surface area contributed by atoms with Gasteiger partial charge in [0.05, 0.1) is 0 Å². The van der Waals surface area contributed by atoms with Crippen molar-refractivity contribution in [1.29, 1.82) is 0 Å². The molecule has 2 fully saturated rings. The van der Waals surface area contributed by atoms with Gasteiger partial charge in [0.25, 0.3) is 5.91 Å². The number of carbonyl (C=O) groups excluding carboxylic acids is 1. The number of benzene rings is 1. The van der Waals surface area contributed by atoms with Crippen LogP contribution in [0.2, 0.25) is 0 Å². The van der Waals surface area contributed by atoms with E-state index in [0.717, 1.165) is 6.54 Å². The summed E-state index contributed by atoms with van der Waals surface area (Å²) in [7, 11) is 0. The van der Waals surface area contributed by atoms with Gasteiger partial charge in [-0.15, -0.1) is 0 Å². The van der Waals surface area contributed by atoms with Gasteiger partial charge in [0.2, 0.25) is 0 Å². The summed E-state index contributed by atoms with van der Waals surface area (Å²) in [5.74, 6) is -0.000687. The quantitative estimate of drug-likeness (QED) is 0.839. The Balaban J connectivity index is 1.67. The van der Waals surface area contributed by atoms with Gasteiger partial charge in [-0.05, 0) is 57.0 Å². The Morgan fingerprint density at radius 2 is 1.78 bits per heavy atom. The van der Waals surface area contributed by atoms with Gasteiger partial charge in [-0.1, -0.05) is 31.7 Å². The molecule has 1 aromatic rings. The highest BCUT2D eigenvalue weighted by atomic mass is 16.1. The summed E-state index contributed by atoms with van der Waals surface area (Å²) in [5.41, 5.74) is 7.27. The summed E-state index contributed by atoms with van der Waals surface area (Å²) < 4.78 is 0. The van der Waals surface area contributed by atoms with E-state index in [-0.39, 0.29) is 11.4 Å². The molecule has 2 aliphatic rings. The first-order valence-electron chi connectivity index (χ1n) is 9.08. The van der Waals surface area contributed by atoms with Crippen LogP contribution >= 0.6 is 0 Å². The zero-order chi connectivity index (χ0) is 16.1. The van der Waals surface area contributed by atoms with Gasteiger partial charge >= 0.3 is 0 Å². The minimum atomic E-state index is -0.000687. The van der Waals surface area contributed by atoms with Gasteiger partial charge in [-0.3, -0.25) is 9.69 Å². The molecule has 3 N–H and O–H groups in total. The number of nitrogens with one attached hydrogen (secondary N) is 1. The third-order valence-corrected chi connectivity index (χ3v) is 5.54. The van der Waals surface area contributed by atoms with E-state index < -0.39 is 0 Å². The first kappa shape index (κ1) is 16.3. The lowest BCUT2D eigenvalue weighted by molar-refractivity contribution is 0.0326. The summed E-state index contributed by atoms with van der Waals surface area (Å²) >= 11 is 0. The maximum atomic E-state index is 12.5. The largest absolute Gasteiger partial charge is 0.399 e. The topological polar surface area (TPSA) is 58.4 Å². The molecule has 1 amide bonds. The summed E-state index contributed by atoms with van der Waals surface area (Å²) in [5, 5.41) is 3.20. The van der Waals surface area contributed by atoms with Gasteiger partial charge in [0.15, 0.2) is 0 Å². The molecule has 1 aromatic carbocycles. The first-order valence-corrected chi connectivity index (χ1v) is 9.08. The Bertz CT molecular complexity index is 531. The van der Waals surface area contributed by atoms with E-state index in [9.17, 15) is 4.79 Å². The Morgan fingerprint density at radius 3 is 2.48 bits per heavy atom. The number of hydrogen-bond donors (Lipinski definition) is 2. The Hall–Kier alpha value is -1.55. The Kier molecular flexibility index (Phi) is 5.21. The van der Waals surface area contributed by atoms with E-state index in [1.807, 2.05) is 18.2 Å². The van der Waals surface area contributed by atoms with E-state index in [2.05, 4.69) is 10.2 Å². The molecule has 1 aliphatic heterocycles. The zero-order valence-electron chi connectivity index (χ0n) is 14.0. The summed E-state index contributed by atoms with van der Waals surface area (Å²) in [4.78, 5) is 15.1. The highest BCUT2D eigenvalue weighted by Gasteiger charge is 2.38. The lowest BCUT2D eigenvalue weighted by atomic mass is 9.79. The average molecular weight is 315 g/mol. The first-order chi connectivity index (χ1) is 11.2. The maximum absolute atomic E-state index is 12.5. The number of amides is 1. The molecule has 0 spiro atoms. The fourth-order valence-electron chi connectivity index (χ4n) is 4.21. The number of rotatable bonds is 4. The molecule has 0 aromatic heterocycles. The highest BCUT2D eigenvalue weighted by molar-refractivity contribution is 5.95. The molecule has 4 nitrogen and oxygen atoms in total. The monoisotopic (exact) mass is 315 g/mol. The highest BCUT2D eigenvalue weighted by Crippen LogP contribution is 2.35. The van der Waals surface area contributed by atoms with Crippen LogP contribution in [0.25, 0.3) is 0 Å². The minimum Gasteiger partial charge on any atom is -0.399 e. The molecule has 0 unspecified atom stereocenters. The van der Waals surface area contributed by atoms with Crippen LogP contribution in [-0.2, 0) is 0 Å². The third-order valence-electron chi connectivity index (χ3n) is 5.54. The SMILES string of the molecule is Nc1cccc(C(=O)NCC2(N3CCCCC3)CCCCC2)c1. The summed E-state index contributed by atoms with van der Waals surface area (Å²) in [6.45, 7) is 3.14. The lowest BCUT2D eigenvalue weighted by Crippen LogP contribution is -2.58. The van der Waals surface area contributed by atoms with E-state index in [1.54, 1.807) is 6.07 Å². The van der Waals surface area contributed by atoms with E-state index in [4.69, 9.17) is 5.73 Å². The second-order valence-electron chi connectivity index (χ2n) is 7.14. The second-order valence-corrected chi connectivity index (χ2v) is 7.14. The molecule has 1 saturated carbocycles. The van der Waals surface area contributed by atoms with Crippen molar-refractivity contribution in [2.45, 2.75) is 56.9 Å². The molecular formula is C19H29N3O. The predicted molar refractivity (Wildman–Crippen MR) is 94.4 cm³/mol.